The molecular weight excluding hydrogens is 456 g/mol. The van der Waals surface area contributed by atoms with E-state index in [2.05, 4.69) is 15.2 Å². The Kier molecular flexibility index (Phi) is 4.35. The number of aliphatic hydroxyl groups is 1. The summed E-state index contributed by atoms with van der Waals surface area (Å²) in [4.78, 5) is 21.1. The average Bonchev–Trinajstić information content (AvgIpc) is 3.09. The third-order valence-electron chi connectivity index (χ3n) is 9.04. The number of amides is 2. The molecule has 4 heterocycles. The number of urea groups is 1. The van der Waals surface area contributed by atoms with Gasteiger partial charge in [0.25, 0.3) is 6.43 Å². The van der Waals surface area contributed by atoms with Crippen LogP contribution in [0.25, 0.3) is 0 Å². The molecular formula is C24H31F2N7O2. The van der Waals surface area contributed by atoms with E-state index in [1.54, 1.807) is 13.3 Å². The normalized spacial score (nSPS) is 26.0. The minimum absolute atomic E-state index is 0.00305. The van der Waals surface area contributed by atoms with E-state index in [9.17, 15) is 18.7 Å². The fourth-order valence-corrected chi connectivity index (χ4v) is 7.07. The molecule has 1 N–H and O–H groups in total. The molecule has 2 aliphatic heterocycles. The van der Waals surface area contributed by atoms with Gasteiger partial charge in [0.1, 0.15) is 17.6 Å². The smallest absolute Gasteiger partial charge is 0.320 e. The molecule has 3 saturated carbocycles. The third-order valence-corrected chi connectivity index (χ3v) is 9.04. The number of alkyl halides is 2. The third kappa shape index (κ3) is 3.41. The largest absolute Gasteiger partial charge is 0.382 e. The van der Waals surface area contributed by atoms with Crippen LogP contribution in [-0.4, -0.2) is 71.7 Å². The number of nitrogens with zero attached hydrogens (tertiary/aromatic N) is 7. The zero-order valence-electron chi connectivity index (χ0n) is 19.9. The predicted molar refractivity (Wildman–Crippen MR) is 119 cm³/mol. The van der Waals surface area contributed by atoms with Gasteiger partial charge in [0.05, 0.1) is 11.7 Å². The van der Waals surface area contributed by atoms with Crippen molar-refractivity contribution in [1.29, 1.82) is 0 Å². The lowest BCUT2D eigenvalue weighted by Crippen LogP contribution is -2.71. The first-order valence-corrected chi connectivity index (χ1v) is 12.7. The van der Waals surface area contributed by atoms with Crippen molar-refractivity contribution in [2.24, 2.45) is 16.7 Å². The Morgan fingerprint density at radius 2 is 1.71 bits per heavy atom. The van der Waals surface area contributed by atoms with Crippen molar-refractivity contribution < 1.29 is 18.7 Å². The van der Waals surface area contributed by atoms with E-state index in [-0.39, 0.29) is 22.6 Å². The summed E-state index contributed by atoms with van der Waals surface area (Å²) in [6.07, 6.45) is 4.65. The molecule has 0 bridgehead atoms. The molecule has 0 aromatic carbocycles. The predicted octanol–water partition coefficient (Wildman–Crippen LogP) is 2.87. The maximum absolute atomic E-state index is 13.2. The number of carbonyl (C=O) groups is 1. The Morgan fingerprint density at radius 1 is 1.09 bits per heavy atom. The Labute approximate surface area is 202 Å². The van der Waals surface area contributed by atoms with Crippen LogP contribution in [0.2, 0.25) is 0 Å². The van der Waals surface area contributed by atoms with Gasteiger partial charge in [-0.25, -0.2) is 23.2 Å². The van der Waals surface area contributed by atoms with Crippen molar-refractivity contribution in [3.63, 3.8) is 0 Å². The highest BCUT2D eigenvalue weighted by Gasteiger charge is 2.59. The zero-order chi connectivity index (χ0) is 24.2. The summed E-state index contributed by atoms with van der Waals surface area (Å²) in [6.45, 7) is 5.43. The van der Waals surface area contributed by atoms with Crippen LogP contribution in [0.4, 0.5) is 13.6 Å². The maximum Gasteiger partial charge on any atom is 0.320 e. The molecule has 2 aromatic heterocycles. The van der Waals surface area contributed by atoms with Gasteiger partial charge in [-0.05, 0) is 57.4 Å². The van der Waals surface area contributed by atoms with Gasteiger partial charge in [-0.3, -0.25) is 4.68 Å². The van der Waals surface area contributed by atoms with Gasteiger partial charge in [0, 0.05) is 43.6 Å². The van der Waals surface area contributed by atoms with Crippen molar-refractivity contribution in [2.45, 2.75) is 70.1 Å². The minimum atomic E-state index is -2.50. The molecule has 0 atom stereocenters. The van der Waals surface area contributed by atoms with E-state index < -0.39 is 12.0 Å². The van der Waals surface area contributed by atoms with Gasteiger partial charge >= 0.3 is 6.03 Å². The first kappa shape index (κ1) is 21.7. The van der Waals surface area contributed by atoms with Crippen LogP contribution in [0.5, 0.6) is 0 Å². The minimum Gasteiger partial charge on any atom is -0.382 e. The zero-order valence-corrected chi connectivity index (χ0v) is 19.9. The van der Waals surface area contributed by atoms with Gasteiger partial charge in [-0.2, -0.15) is 10.2 Å². The summed E-state index contributed by atoms with van der Waals surface area (Å²) < 4.78 is 29.8. The van der Waals surface area contributed by atoms with Crippen molar-refractivity contribution in [3.05, 3.63) is 29.6 Å². The topological polar surface area (TPSA) is 92.3 Å². The van der Waals surface area contributed by atoms with Crippen LogP contribution >= 0.6 is 0 Å². The summed E-state index contributed by atoms with van der Waals surface area (Å²) >= 11 is 0. The monoisotopic (exact) mass is 487 g/mol. The SMILES string of the molecule is Cc1cc(C(F)F)n(CC2CC3(C2)CN(C(=O)N2CC4(CC(n5cnc(C6(O)CC6)n5)C4)C2)C3)n1. The Bertz CT molecular complexity index is 1160. The Balaban J connectivity index is 0.858. The Morgan fingerprint density at radius 3 is 2.31 bits per heavy atom. The molecule has 0 radical (unpaired) electrons. The molecule has 5 aliphatic rings. The highest BCUT2D eigenvalue weighted by molar-refractivity contribution is 5.77. The van der Waals surface area contributed by atoms with Crippen LogP contribution in [0.1, 0.15) is 68.2 Å². The second-order valence-corrected chi connectivity index (χ2v) is 12.1. The lowest BCUT2D eigenvalue weighted by molar-refractivity contribution is -0.109. The first-order chi connectivity index (χ1) is 16.6. The highest BCUT2D eigenvalue weighted by atomic mass is 19.3. The molecule has 9 nitrogen and oxygen atoms in total. The van der Waals surface area contributed by atoms with Gasteiger partial charge in [-0.15, -0.1) is 0 Å². The molecule has 2 aromatic rings. The number of halogens is 2. The van der Waals surface area contributed by atoms with E-state index in [4.69, 9.17) is 0 Å². The van der Waals surface area contributed by atoms with Crippen molar-refractivity contribution in [3.8, 4) is 0 Å². The molecule has 188 valence electrons. The number of likely N-dealkylation sites (tertiary alicyclic amines) is 2. The van der Waals surface area contributed by atoms with E-state index in [0.717, 1.165) is 64.7 Å². The number of carbonyl (C=O) groups excluding carboxylic acids is 1. The van der Waals surface area contributed by atoms with Crippen LogP contribution in [0.3, 0.4) is 0 Å². The van der Waals surface area contributed by atoms with Gasteiger partial charge in [-0.1, -0.05) is 0 Å². The van der Waals surface area contributed by atoms with E-state index in [0.29, 0.717) is 30.0 Å². The second kappa shape index (κ2) is 7.02. The average molecular weight is 488 g/mol. The summed E-state index contributed by atoms with van der Waals surface area (Å²) in [6, 6.07) is 1.91. The van der Waals surface area contributed by atoms with Crippen LogP contribution in [-0.2, 0) is 12.1 Å². The van der Waals surface area contributed by atoms with Crippen molar-refractivity contribution in [2.75, 3.05) is 26.2 Å². The van der Waals surface area contributed by atoms with E-state index >= 15 is 0 Å². The summed E-state index contributed by atoms with van der Waals surface area (Å²) in [5.41, 5.74) is 0.214. The fourth-order valence-electron chi connectivity index (χ4n) is 7.07. The van der Waals surface area contributed by atoms with E-state index in [1.165, 1.54) is 10.7 Å². The van der Waals surface area contributed by atoms with Crippen LogP contribution in [0, 0.1) is 23.7 Å². The highest BCUT2D eigenvalue weighted by Crippen LogP contribution is 2.56. The van der Waals surface area contributed by atoms with Gasteiger partial charge < -0.3 is 14.9 Å². The van der Waals surface area contributed by atoms with Crippen molar-refractivity contribution >= 4 is 6.03 Å². The molecule has 35 heavy (non-hydrogen) atoms. The van der Waals surface area contributed by atoms with Gasteiger partial charge in [0.2, 0.25) is 0 Å². The molecule has 11 heteroatoms. The lowest BCUT2D eigenvalue weighted by atomic mass is 9.57. The number of hydrogen-bond acceptors (Lipinski definition) is 5. The number of hydrogen-bond donors (Lipinski definition) is 1. The molecule has 5 fully saturated rings. The van der Waals surface area contributed by atoms with Crippen LogP contribution in [0.15, 0.2) is 12.4 Å². The summed E-state index contributed by atoms with van der Waals surface area (Å²) in [5.74, 6) is 0.893. The van der Waals surface area contributed by atoms with Crippen LogP contribution < -0.4 is 0 Å². The molecule has 7 rings (SSSR count). The first-order valence-electron chi connectivity index (χ1n) is 12.7. The molecule has 2 spiro atoms. The second-order valence-electron chi connectivity index (χ2n) is 12.1. The summed E-state index contributed by atoms with van der Waals surface area (Å²) in [5, 5.41) is 18.9. The molecule has 2 amide bonds. The molecule has 3 aliphatic carbocycles. The molecule has 0 unspecified atom stereocenters. The maximum atomic E-state index is 13.2. The van der Waals surface area contributed by atoms with E-state index in [1.807, 2.05) is 14.5 Å². The lowest BCUT2D eigenvalue weighted by Gasteiger charge is -2.63. The number of aromatic nitrogens is 5. The van der Waals surface area contributed by atoms with Crippen molar-refractivity contribution in [1.82, 2.24) is 34.3 Å². The summed E-state index contributed by atoms with van der Waals surface area (Å²) in [7, 11) is 0. The number of rotatable bonds is 5. The fraction of sp³-hybridized carbons (Fsp3) is 0.750. The standard InChI is InChI=1S/C24H31F2N7O2/c1-15-4-18(19(25)26)32(28-15)9-16-5-22(6-16)10-30(11-22)21(34)31-12-23(13-31)7-17(8-23)33-14-27-20(29-33)24(35)2-3-24/h4,14,16-17,19,35H,2-3,5-13H2,1H3. The molecule has 2 saturated heterocycles. The van der Waals surface area contributed by atoms with Gasteiger partial charge in [0.15, 0.2) is 5.82 Å². The number of aryl methyl sites for hydroxylation is 1. The quantitative estimate of drug-likeness (QED) is 0.700. The Hall–Kier alpha value is -2.56.